The van der Waals surface area contributed by atoms with Gasteiger partial charge in [-0.1, -0.05) is 6.42 Å². The highest BCUT2D eigenvalue weighted by Gasteiger charge is 2.42. The fourth-order valence-corrected chi connectivity index (χ4v) is 7.73. The Kier molecular flexibility index (Phi) is 22.7. The Balaban J connectivity index is 1.25. The van der Waals surface area contributed by atoms with Crippen LogP contribution >= 0.6 is 0 Å². The first kappa shape index (κ1) is 56.5. The van der Waals surface area contributed by atoms with E-state index >= 15 is 0 Å². The van der Waals surface area contributed by atoms with Crippen LogP contribution in [-0.2, 0) is 44.9 Å². The molecule has 1 fully saturated rings. The smallest absolute Gasteiger partial charge is 0.328 e. The van der Waals surface area contributed by atoms with Crippen molar-refractivity contribution >= 4 is 70.2 Å². The number of hydrogen-bond donors (Lipinski definition) is 11. The number of rotatable bonds is 29. The lowest BCUT2D eigenvalue weighted by molar-refractivity contribution is -0.142. The van der Waals surface area contributed by atoms with Crippen molar-refractivity contribution in [2.24, 2.45) is 5.73 Å². The molecule has 1 aromatic carbocycles. The molecule has 1 saturated heterocycles. The minimum atomic E-state index is -2.31. The van der Waals surface area contributed by atoms with E-state index in [0.29, 0.717) is 37.3 Å². The number of unbranched alkanes of at least 4 members (excludes halogenated alkanes) is 2. The molecular formula is C44H65N13O14. The molecule has 1 aliphatic heterocycles. The Morgan fingerprint density at radius 3 is 1.83 bits per heavy atom. The van der Waals surface area contributed by atoms with Gasteiger partial charge < -0.3 is 57.5 Å². The summed E-state index contributed by atoms with van der Waals surface area (Å²) < 4.78 is 1.81. The van der Waals surface area contributed by atoms with Crippen molar-refractivity contribution in [3.8, 4) is 0 Å². The number of amides is 3. The highest BCUT2D eigenvalue weighted by molar-refractivity contribution is 6.11. The average Bonchev–Trinajstić information content (AvgIpc) is 3.99. The number of anilines is 1. The van der Waals surface area contributed by atoms with E-state index in [2.05, 4.69) is 36.3 Å². The largest absolute Gasteiger partial charge is 0.481 e. The van der Waals surface area contributed by atoms with Crippen molar-refractivity contribution in [1.29, 1.82) is 0 Å². The summed E-state index contributed by atoms with van der Waals surface area (Å²) in [4.78, 5) is 125. The van der Waals surface area contributed by atoms with E-state index in [1.54, 1.807) is 56.4 Å². The number of carboxylic acids is 5. The van der Waals surface area contributed by atoms with Gasteiger partial charge in [0.1, 0.15) is 6.04 Å². The number of nitrogens with two attached hydrogens (primary N) is 1. The normalized spacial score (nSPS) is 15.8. The molecule has 0 bridgehead atoms. The van der Waals surface area contributed by atoms with E-state index in [1.807, 2.05) is 4.68 Å². The number of hydrogen-bond acceptors (Lipinski definition) is 17. The Morgan fingerprint density at radius 1 is 0.704 bits per heavy atom. The first-order valence-corrected chi connectivity index (χ1v) is 23.2. The predicted octanol–water partition coefficient (Wildman–Crippen LogP) is -2.16. The number of carbonyl (C=O) groups excluding carboxylic acids is 4. The summed E-state index contributed by atoms with van der Waals surface area (Å²) in [6.45, 7) is 0.112. The number of benzene rings is 1. The third-order valence-corrected chi connectivity index (χ3v) is 11.7. The summed E-state index contributed by atoms with van der Waals surface area (Å²) in [5.41, 5.74) is 5.20. The minimum Gasteiger partial charge on any atom is -0.481 e. The van der Waals surface area contributed by atoms with Gasteiger partial charge >= 0.3 is 29.8 Å². The maximum atomic E-state index is 13.9. The van der Waals surface area contributed by atoms with Gasteiger partial charge in [-0.2, -0.15) is 5.10 Å². The molecule has 390 valence electrons. The first-order valence-electron chi connectivity index (χ1n) is 23.2. The zero-order valence-electron chi connectivity index (χ0n) is 39.4. The van der Waals surface area contributed by atoms with E-state index in [9.17, 15) is 68.7 Å². The standard InChI is InChI=1S/C44H65N13O14/c45-44(9-8-36(60)61,34(58)26-53-15-17-54(27-37(62)63)19-21-56(29-39(66)67)22-20-55(18-16-53)28-38(64)65)42(71)46-10-3-1-2-5-35(59)52-32(41(69)70)25-50-40(68)30-6-7-33-31(23-30)24-51-57(33)14-4-11-47-43-48-12-13-49-43/h6-7,12-13,23-24,32H,1-5,8-11,14-22,25-29,45H2,(H,46,71)(H,50,68)(H,52,59)(H,60,61)(H,62,63)(H,64,65)(H,66,67)(H,69,70)(H2,47,48,49)/t32?,44-/m1/s1. The summed E-state index contributed by atoms with van der Waals surface area (Å²) in [7, 11) is 0. The van der Waals surface area contributed by atoms with Crippen LogP contribution < -0.4 is 27.0 Å². The fraction of sp³-hybridized carbons (Fsp3) is 0.568. The second kappa shape index (κ2) is 28.6. The molecule has 1 unspecified atom stereocenters. The van der Waals surface area contributed by atoms with Gasteiger partial charge in [-0.3, -0.25) is 62.6 Å². The molecule has 3 heterocycles. The molecule has 4 rings (SSSR count). The van der Waals surface area contributed by atoms with Crippen LogP contribution in [0.1, 0.15) is 55.3 Å². The Bertz CT molecular complexity index is 2260. The van der Waals surface area contributed by atoms with Gasteiger partial charge in [0.25, 0.3) is 5.91 Å². The van der Waals surface area contributed by atoms with E-state index in [-0.39, 0.29) is 83.9 Å². The molecule has 12 N–H and O–H groups in total. The molecule has 27 heteroatoms. The lowest BCUT2D eigenvalue weighted by atomic mass is 9.88. The summed E-state index contributed by atoms with van der Waals surface area (Å²) in [6, 6.07) is 3.55. The van der Waals surface area contributed by atoms with Crippen LogP contribution in [0.25, 0.3) is 10.9 Å². The molecule has 3 amide bonds. The van der Waals surface area contributed by atoms with Crippen molar-refractivity contribution in [2.45, 2.75) is 63.1 Å². The zero-order chi connectivity index (χ0) is 51.9. The first-order chi connectivity index (χ1) is 33.8. The van der Waals surface area contributed by atoms with Crippen LogP contribution in [0.2, 0.25) is 0 Å². The third-order valence-electron chi connectivity index (χ3n) is 11.7. The number of aromatic nitrogens is 4. The number of nitrogens with one attached hydrogen (secondary N) is 5. The van der Waals surface area contributed by atoms with Gasteiger partial charge in [-0.05, 0) is 43.9 Å². The van der Waals surface area contributed by atoms with Crippen LogP contribution in [0.5, 0.6) is 0 Å². The maximum absolute atomic E-state index is 13.9. The van der Waals surface area contributed by atoms with Crippen LogP contribution in [0.3, 0.4) is 0 Å². The van der Waals surface area contributed by atoms with Crippen LogP contribution in [0.15, 0.2) is 36.8 Å². The van der Waals surface area contributed by atoms with E-state index in [4.69, 9.17) is 5.73 Å². The summed E-state index contributed by atoms with van der Waals surface area (Å²) in [5.74, 6) is -8.32. The fourth-order valence-electron chi connectivity index (χ4n) is 7.73. The highest BCUT2D eigenvalue weighted by atomic mass is 16.4. The van der Waals surface area contributed by atoms with E-state index in [0.717, 1.165) is 11.9 Å². The number of nitrogens with zero attached hydrogens (tertiary/aromatic N) is 7. The van der Waals surface area contributed by atoms with Crippen molar-refractivity contribution in [1.82, 2.24) is 55.3 Å². The Morgan fingerprint density at radius 2 is 1.30 bits per heavy atom. The molecule has 3 aromatic rings. The number of H-pyrrole nitrogens is 1. The van der Waals surface area contributed by atoms with Gasteiger partial charge in [0.2, 0.25) is 11.8 Å². The number of carboxylic acid groups (broad SMARTS) is 5. The number of Topliss-reactive ketones (excluding diaryl/α,β-unsaturated/α-hetero) is 1. The lowest BCUT2D eigenvalue weighted by Gasteiger charge is -2.34. The highest BCUT2D eigenvalue weighted by Crippen LogP contribution is 2.17. The molecular weight excluding hydrogens is 935 g/mol. The van der Waals surface area contributed by atoms with Gasteiger partial charge in [0, 0.05) is 115 Å². The Labute approximate surface area is 408 Å². The number of aromatic amines is 1. The number of carbonyl (C=O) groups is 9. The number of aliphatic carboxylic acids is 5. The molecule has 71 heavy (non-hydrogen) atoms. The SMILES string of the molecule is N[C@](CCC(=O)O)(C(=O)CN1CCN(CC(=O)O)CCN(CC(=O)O)CCN(CC(=O)O)CC1)C(=O)NCCCCCC(=O)NC(CNC(=O)c1ccc2c(cnn2CCCNc2ncc[nH]2)c1)C(=O)O. The molecule has 27 nitrogen and oxygen atoms in total. The van der Waals surface area contributed by atoms with Gasteiger partial charge in [0.05, 0.1) is 37.9 Å². The quantitative estimate of drug-likeness (QED) is 0.0261. The maximum Gasteiger partial charge on any atom is 0.328 e. The van der Waals surface area contributed by atoms with Crippen LogP contribution in [0, 0.1) is 0 Å². The second-order valence-corrected chi connectivity index (χ2v) is 17.2. The third kappa shape index (κ3) is 19.7. The minimum absolute atomic E-state index is 0.0169. The van der Waals surface area contributed by atoms with Gasteiger partial charge in [-0.25, -0.2) is 9.78 Å². The summed E-state index contributed by atoms with van der Waals surface area (Å²) in [6.07, 6.45) is 5.39. The number of imidazole rings is 1. The molecule has 0 saturated carbocycles. The summed E-state index contributed by atoms with van der Waals surface area (Å²) in [5, 5.41) is 63.5. The molecule has 2 atom stereocenters. The number of fused-ring (bicyclic) bond motifs is 1. The average molecular weight is 1000 g/mol. The topological polar surface area (TPSA) is 388 Å². The molecule has 0 spiro atoms. The van der Waals surface area contributed by atoms with E-state index in [1.165, 1.54) is 0 Å². The van der Waals surface area contributed by atoms with Gasteiger partial charge in [-0.15, -0.1) is 0 Å². The summed E-state index contributed by atoms with van der Waals surface area (Å²) >= 11 is 0. The van der Waals surface area contributed by atoms with E-state index < -0.39 is 104 Å². The van der Waals surface area contributed by atoms with Crippen LogP contribution in [0.4, 0.5) is 5.95 Å². The second-order valence-electron chi connectivity index (χ2n) is 17.2. The Hall–Kier alpha value is -7.07. The predicted molar refractivity (Wildman–Crippen MR) is 252 cm³/mol. The number of aryl methyl sites for hydroxylation is 1. The lowest BCUT2D eigenvalue weighted by Crippen LogP contribution is -2.62. The molecule has 1 aliphatic rings. The zero-order valence-corrected chi connectivity index (χ0v) is 39.4. The van der Waals surface area contributed by atoms with Gasteiger partial charge in [0.15, 0.2) is 17.3 Å². The molecule has 0 radical (unpaired) electrons. The van der Waals surface area contributed by atoms with Crippen molar-refractivity contribution < 1.29 is 68.7 Å². The monoisotopic (exact) mass is 999 g/mol. The molecule has 0 aliphatic carbocycles. The number of ketones is 1. The van der Waals surface area contributed by atoms with Crippen molar-refractivity contribution in [3.63, 3.8) is 0 Å². The van der Waals surface area contributed by atoms with Crippen molar-refractivity contribution in [2.75, 3.05) is 103 Å². The van der Waals surface area contributed by atoms with Crippen LogP contribution in [-0.4, -0.2) is 228 Å². The molecule has 2 aromatic heterocycles. The van der Waals surface area contributed by atoms with Crippen molar-refractivity contribution in [3.05, 3.63) is 42.4 Å².